The molecule has 0 fully saturated rings. The summed E-state index contributed by atoms with van der Waals surface area (Å²) in [5, 5.41) is 0. The molecule has 0 aliphatic heterocycles. The lowest BCUT2D eigenvalue weighted by molar-refractivity contribution is -0.145. The van der Waals surface area contributed by atoms with Crippen LogP contribution in [0.25, 0.3) is 0 Å². The van der Waals surface area contributed by atoms with E-state index < -0.39 is 5.97 Å². The second kappa shape index (κ2) is 43.7. The van der Waals surface area contributed by atoms with Gasteiger partial charge in [0, 0.05) is 12.0 Å². The van der Waals surface area contributed by atoms with Gasteiger partial charge in [0.05, 0.1) is 132 Å². The quantitative estimate of drug-likeness (QED) is 0.0480. The Morgan fingerprint density at radius 2 is 0.615 bits per heavy atom. The monoisotopic (exact) mass is 752 g/mol. The molecule has 0 aromatic rings. The van der Waals surface area contributed by atoms with E-state index in [1.807, 2.05) is 0 Å². The first-order valence-corrected chi connectivity index (χ1v) is 19.3. The molecule has 14 nitrogen and oxygen atoms in total. The Kier molecular flexibility index (Phi) is 42.2. The van der Waals surface area contributed by atoms with Gasteiger partial charge < -0.3 is 56.8 Å². The Morgan fingerprint density at radius 1 is 0.365 bits per heavy atom. The molecule has 0 radical (unpaired) electrons. The van der Waals surface area contributed by atoms with Crippen LogP contribution in [0.1, 0.15) is 78.1 Å². The summed E-state index contributed by atoms with van der Waals surface area (Å²) in [6.45, 7) is 17.0. The molecule has 308 valence electrons. The summed E-state index contributed by atoms with van der Waals surface area (Å²) < 4.78 is 64.6. The molecule has 0 aromatic heterocycles. The fourth-order valence-electron chi connectivity index (χ4n) is 4.26. The lowest BCUT2D eigenvalue weighted by atomic mass is 10.1. The van der Waals surface area contributed by atoms with E-state index in [0.717, 1.165) is 12.8 Å². The molecule has 0 unspecified atom stereocenters. The predicted molar refractivity (Wildman–Crippen MR) is 197 cm³/mol. The molecule has 0 spiro atoms. The third-order valence-electron chi connectivity index (χ3n) is 7.13. The van der Waals surface area contributed by atoms with E-state index >= 15 is 0 Å². The largest absolute Gasteiger partial charge is 0.463 e. The normalized spacial score (nSPS) is 11.3. The molecule has 0 atom stereocenters. The number of rotatable bonds is 44. The van der Waals surface area contributed by atoms with Gasteiger partial charge in [-0.15, -0.1) is 0 Å². The van der Waals surface area contributed by atoms with Gasteiger partial charge in [-0.1, -0.05) is 64.9 Å². The van der Waals surface area contributed by atoms with Crippen LogP contribution in [-0.4, -0.2) is 157 Å². The number of esters is 2. The van der Waals surface area contributed by atoms with Crippen LogP contribution in [0.15, 0.2) is 12.2 Å². The van der Waals surface area contributed by atoms with Gasteiger partial charge in [-0.05, 0) is 13.3 Å². The van der Waals surface area contributed by atoms with Crippen molar-refractivity contribution in [2.24, 2.45) is 0 Å². The molecular weight excluding hydrogens is 680 g/mol. The molecule has 0 amide bonds. The minimum Gasteiger partial charge on any atom is -0.463 e. The molecule has 0 saturated carbocycles. The standard InChI is InChI=1S/C38H72O14/c1-4-5-6-7-8-9-10-11-12-13-37(39)51-34-32-49-30-28-47-26-24-45-22-20-43-18-16-41-14-15-42-17-19-44-21-23-46-25-27-48-29-31-50-33-35-52-38(40)36(2)3/h2,4-35H2,1,3H3. The molecule has 0 aliphatic rings. The molecular formula is C38H72O14. The van der Waals surface area contributed by atoms with Crippen LogP contribution in [0, 0.1) is 0 Å². The average molecular weight is 753 g/mol. The van der Waals surface area contributed by atoms with Gasteiger partial charge in [0.15, 0.2) is 0 Å². The molecule has 0 rings (SSSR count). The molecule has 0 heterocycles. The predicted octanol–water partition coefficient (Wildman–Crippen LogP) is 4.74. The highest BCUT2D eigenvalue weighted by Crippen LogP contribution is 2.10. The van der Waals surface area contributed by atoms with E-state index in [2.05, 4.69) is 13.5 Å². The Labute approximate surface area is 313 Å². The highest BCUT2D eigenvalue weighted by Gasteiger charge is 2.04. The van der Waals surface area contributed by atoms with E-state index in [4.69, 9.17) is 56.8 Å². The van der Waals surface area contributed by atoms with Gasteiger partial charge in [-0.3, -0.25) is 4.79 Å². The zero-order chi connectivity index (χ0) is 37.8. The number of hydrogen-bond donors (Lipinski definition) is 0. The van der Waals surface area contributed by atoms with Crippen molar-refractivity contribution < 1.29 is 66.4 Å². The topological polar surface area (TPSA) is 145 Å². The van der Waals surface area contributed by atoms with E-state index in [9.17, 15) is 9.59 Å². The zero-order valence-electron chi connectivity index (χ0n) is 32.5. The second-order valence-electron chi connectivity index (χ2n) is 11.8. The Hall–Kier alpha value is -1.72. The molecule has 0 bridgehead atoms. The highest BCUT2D eigenvalue weighted by atomic mass is 16.6. The van der Waals surface area contributed by atoms with Crippen LogP contribution < -0.4 is 0 Å². The Bertz CT molecular complexity index is 770. The van der Waals surface area contributed by atoms with Crippen molar-refractivity contribution in [2.75, 3.05) is 145 Å². The van der Waals surface area contributed by atoms with Crippen molar-refractivity contribution in [2.45, 2.75) is 78.1 Å². The maximum absolute atomic E-state index is 11.8. The number of unbranched alkanes of at least 4 members (excludes halogenated alkanes) is 8. The fraction of sp³-hybridized carbons (Fsp3) is 0.895. The summed E-state index contributed by atoms with van der Waals surface area (Å²) in [5.41, 5.74) is 0.368. The SMILES string of the molecule is C=C(C)C(=O)OCCOCCOCCOCCOCCOCCOCCOCCOCCOCCOCCOC(=O)CCCCCCCCCCC. The zero-order valence-corrected chi connectivity index (χ0v) is 32.5. The van der Waals surface area contributed by atoms with Crippen LogP contribution in [0.3, 0.4) is 0 Å². The van der Waals surface area contributed by atoms with Crippen molar-refractivity contribution in [3.63, 3.8) is 0 Å². The molecule has 0 saturated heterocycles. The van der Waals surface area contributed by atoms with E-state index in [1.54, 1.807) is 6.92 Å². The molecule has 0 aromatic carbocycles. The summed E-state index contributed by atoms with van der Waals surface area (Å²) in [7, 11) is 0. The number of carbonyl (C=O) groups excluding carboxylic acids is 2. The summed E-state index contributed by atoms with van der Waals surface area (Å²) in [4.78, 5) is 23.0. The van der Waals surface area contributed by atoms with Crippen molar-refractivity contribution in [1.29, 1.82) is 0 Å². The van der Waals surface area contributed by atoms with Crippen LogP contribution in [-0.2, 0) is 66.4 Å². The average Bonchev–Trinajstić information content (AvgIpc) is 3.14. The minimum absolute atomic E-state index is 0.141. The van der Waals surface area contributed by atoms with Crippen LogP contribution in [0.2, 0.25) is 0 Å². The van der Waals surface area contributed by atoms with Crippen LogP contribution >= 0.6 is 0 Å². The first-order valence-electron chi connectivity index (χ1n) is 19.3. The Balaban J connectivity index is 3.13. The van der Waals surface area contributed by atoms with E-state index in [-0.39, 0.29) is 19.2 Å². The summed E-state index contributed by atoms with van der Waals surface area (Å²) >= 11 is 0. The van der Waals surface area contributed by atoms with Gasteiger partial charge >= 0.3 is 11.9 Å². The third-order valence-corrected chi connectivity index (χ3v) is 7.13. The van der Waals surface area contributed by atoms with Gasteiger partial charge in [-0.25, -0.2) is 4.79 Å². The lowest BCUT2D eigenvalue weighted by Gasteiger charge is -2.09. The second-order valence-corrected chi connectivity index (χ2v) is 11.8. The summed E-state index contributed by atoms with van der Waals surface area (Å²) in [6, 6.07) is 0. The Morgan fingerprint density at radius 3 is 0.904 bits per heavy atom. The van der Waals surface area contributed by atoms with Crippen molar-refractivity contribution in [3.05, 3.63) is 12.2 Å². The van der Waals surface area contributed by atoms with Gasteiger partial charge in [0.2, 0.25) is 0 Å². The molecule has 0 N–H and O–H groups in total. The molecule has 52 heavy (non-hydrogen) atoms. The minimum atomic E-state index is -0.415. The highest BCUT2D eigenvalue weighted by molar-refractivity contribution is 5.86. The lowest BCUT2D eigenvalue weighted by Crippen LogP contribution is -2.16. The summed E-state index contributed by atoms with van der Waals surface area (Å²) in [6.07, 6.45) is 11.6. The number of ether oxygens (including phenoxy) is 12. The van der Waals surface area contributed by atoms with E-state index in [1.165, 1.54) is 44.9 Å². The van der Waals surface area contributed by atoms with Crippen molar-refractivity contribution in [3.8, 4) is 0 Å². The van der Waals surface area contributed by atoms with Crippen molar-refractivity contribution >= 4 is 11.9 Å². The smallest absolute Gasteiger partial charge is 0.333 e. The van der Waals surface area contributed by atoms with E-state index in [0.29, 0.717) is 144 Å². The maximum Gasteiger partial charge on any atom is 0.333 e. The maximum atomic E-state index is 11.8. The summed E-state index contributed by atoms with van der Waals surface area (Å²) in [5.74, 6) is -0.556. The van der Waals surface area contributed by atoms with Gasteiger partial charge in [0.25, 0.3) is 0 Å². The van der Waals surface area contributed by atoms with Gasteiger partial charge in [0.1, 0.15) is 13.2 Å². The number of hydrogen-bond acceptors (Lipinski definition) is 14. The number of carbonyl (C=O) groups is 2. The van der Waals surface area contributed by atoms with Crippen LogP contribution in [0.4, 0.5) is 0 Å². The van der Waals surface area contributed by atoms with Gasteiger partial charge in [-0.2, -0.15) is 0 Å². The van der Waals surface area contributed by atoms with Crippen molar-refractivity contribution in [1.82, 2.24) is 0 Å². The molecule has 14 heteroatoms. The van der Waals surface area contributed by atoms with Crippen LogP contribution in [0.5, 0.6) is 0 Å². The fourth-order valence-corrected chi connectivity index (χ4v) is 4.26. The first-order chi connectivity index (χ1) is 25.6. The molecule has 0 aliphatic carbocycles. The first kappa shape index (κ1) is 50.3. The third kappa shape index (κ3) is 42.7.